The van der Waals surface area contributed by atoms with E-state index < -0.39 is 0 Å². The molecule has 5 aromatic rings. The van der Waals surface area contributed by atoms with Gasteiger partial charge in [-0.25, -0.2) is 4.99 Å². The van der Waals surface area contributed by atoms with Crippen LogP contribution in [0.25, 0.3) is 44.5 Å². The molecule has 0 spiro atoms. The summed E-state index contributed by atoms with van der Waals surface area (Å²) in [5.41, 5.74) is 16.6. The van der Waals surface area contributed by atoms with Crippen molar-refractivity contribution in [3.63, 3.8) is 0 Å². The SMILES string of the molecule is N=C1N=C(N)c2c1c(-c1ccccc1)c(-c1ccccc1)c(-c1ccccc1)c2-c1ccccc1. The van der Waals surface area contributed by atoms with Crippen molar-refractivity contribution in [1.82, 2.24) is 0 Å². The van der Waals surface area contributed by atoms with Gasteiger partial charge in [0.25, 0.3) is 0 Å². The topological polar surface area (TPSA) is 62.2 Å². The maximum atomic E-state index is 8.88. The molecule has 0 radical (unpaired) electrons. The molecule has 0 unspecified atom stereocenters. The molecule has 0 aromatic heterocycles. The Morgan fingerprint density at radius 1 is 0.400 bits per heavy atom. The van der Waals surface area contributed by atoms with Crippen molar-refractivity contribution in [2.75, 3.05) is 0 Å². The molecule has 35 heavy (non-hydrogen) atoms. The smallest absolute Gasteiger partial charge is 0.155 e. The zero-order valence-corrected chi connectivity index (χ0v) is 19.1. The molecule has 166 valence electrons. The molecule has 0 fully saturated rings. The molecule has 0 amide bonds. The maximum absolute atomic E-state index is 8.88. The predicted octanol–water partition coefficient (Wildman–Crippen LogP) is 7.40. The summed E-state index contributed by atoms with van der Waals surface area (Å²) in [6.07, 6.45) is 0. The second-order valence-corrected chi connectivity index (χ2v) is 8.56. The summed E-state index contributed by atoms with van der Waals surface area (Å²) in [5.74, 6) is 0.586. The highest BCUT2D eigenvalue weighted by atomic mass is 14.9. The lowest BCUT2D eigenvalue weighted by molar-refractivity contribution is 1.44. The van der Waals surface area contributed by atoms with E-state index in [0.717, 1.165) is 55.6 Å². The lowest BCUT2D eigenvalue weighted by Gasteiger charge is -2.25. The molecular formula is C32H23N3. The molecule has 3 N–H and O–H groups in total. The number of fused-ring (bicyclic) bond motifs is 1. The highest BCUT2D eigenvalue weighted by Gasteiger charge is 2.33. The fourth-order valence-corrected chi connectivity index (χ4v) is 5.05. The lowest BCUT2D eigenvalue weighted by Crippen LogP contribution is -2.14. The molecule has 0 saturated carbocycles. The number of aliphatic imine (C=N–C) groups is 1. The Bertz CT molecular complexity index is 1570. The van der Waals surface area contributed by atoms with Crippen molar-refractivity contribution in [3.8, 4) is 44.5 Å². The van der Waals surface area contributed by atoms with Crippen molar-refractivity contribution in [1.29, 1.82) is 5.41 Å². The van der Waals surface area contributed by atoms with Gasteiger partial charge < -0.3 is 5.73 Å². The minimum Gasteiger partial charge on any atom is -0.383 e. The van der Waals surface area contributed by atoms with Crippen molar-refractivity contribution >= 4 is 11.7 Å². The van der Waals surface area contributed by atoms with E-state index in [4.69, 9.17) is 11.1 Å². The van der Waals surface area contributed by atoms with Gasteiger partial charge in [-0.15, -0.1) is 0 Å². The maximum Gasteiger partial charge on any atom is 0.155 e. The highest BCUT2D eigenvalue weighted by Crippen LogP contribution is 2.50. The van der Waals surface area contributed by atoms with E-state index >= 15 is 0 Å². The van der Waals surface area contributed by atoms with Crippen LogP contribution in [0.1, 0.15) is 11.1 Å². The van der Waals surface area contributed by atoms with Crippen LogP contribution in [0.15, 0.2) is 126 Å². The lowest BCUT2D eigenvalue weighted by atomic mass is 9.77. The van der Waals surface area contributed by atoms with Gasteiger partial charge in [0.15, 0.2) is 5.84 Å². The average Bonchev–Trinajstić information content (AvgIpc) is 3.22. The van der Waals surface area contributed by atoms with Gasteiger partial charge in [0.05, 0.1) is 0 Å². The Labute approximate surface area is 204 Å². The zero-order valence-electron chi connectivity index (χ0n) is 19.1. The molecule has 0 atom stereocenters. The van der Waals surface area contributed by atoms with Gasteiger partial charge in [0.1, 0.15) is 5.84 Å². The Balaban J connectivity index is 1.90. The normalized spacial score (nSPS) is 12.3. The second kappa shape index (κ2) is 8.54. The van der Waals surface area contributed by atoms with Gasteiger partial charge in [-0.05, 0) is 33.4 Å². The molecule has 1 aliphatic rings. The van der Waals surface area contributed by atoms with Crippen LogP contribution < -0.4 is 5.73 Å². The number of nitrogens with one attached hydrogen (secondary N) is 1. The summed E-state index contributed by atoms with van der Waals surface area (Å²) in [5, 5.41) is 8.88. The Kier molecular flexibility index (Phi) is 5.08. The van der Waals surface area contributed by atoms with Crippen LogP contribution in [0.2, 0.25) is 0 Å². The Hall–Kier alpha value is -4.76. The van der Waals surface area contributed by atoms with Crippen LogP contribution in [0.4, 0.5) is 0 Å². The van der Waals surface area contributed by atoms with Gasteiger partial charge in [-0.2, -0.15) is 0 Å². The first-order valence-corrected chi connectivity index (χ1v) is 11.6. The predicted molar refractivity (Wildman–Crippen MR) is 146 cm³/mol. The fraction of sp³-hybridized carbons (Fsp3) is 0. The summed E-state index contributed by atoms with van der Waals surface area (Å²) in [6, 6.07) is 41.4. The van der Waals surface area contributed by atoms with E-state index in [0.29, 0.717) is 5.84 Å². The van der Waals surface area contributed by atoms with E-state index in [1.54, 1.807) is 0 Å². The van der Waals surface area contributed by atoms with Crippen LogP contribution in [-0.2, 0) is 0 Å². The van der Waals surface area contributed by atoms with Gasteiger partial charge in [-0.3, -0.25) is 5.41 Å². The van der Waals surface area contributed by atoms with E-state index in [2.05, 4.69) is 77.8 Å². The minimum absolute atomic E-state index is 0.199. The summed E-state index contributed by atoms with van der Waals surface area (Å²) < 4.78 is 0. The number of hydrogen-bond donors (Lipinski definition) is 2. The van der Waals surface area contributed by atoms with Crippen LogP contribution >= 0.6 is 0 Å². The van der Waals surface area contributed by atoms with Crippen molar-refractivity contribution in [2.45, 2.75) is 0 Å². The molecule has 0 bridgehead atoms. The summed E-state index contributed by atoms with van der Waals surface area (Å²) in [4.78, 5) is 4.48. The molecule has 5 aromatic carbocycles. The Morgan fingerprint density at radius 3 is 1.03 bits per heavy atom. The Morgan fingerprint density at radius 2 is 0.686 bits per heavy atom. The molecule has 3 nitrogen and oxygen atoms in total. The monoisotopic (exact) mass is 449 g/mol. The molecule has 6 rings (SSSR count). The third-order valence-corrected chi connectivity index (χ3v) is 6.48. The standard InChI is InChI=1S/C32H23N3/c33-31-29-27(23-17-9-3-10-18-23)25(21-13-5-1-6-14-21)26(22-15-7-2-8-16-22)28(30(29)32(34)35-31)24-19-11-4-12-20-24/h1-20H,(H3,33,34,35). The largest absolute Gasteiger partial charge is 0.383 e. The van der Waals surface area contributed by atoms with Gasteiger partial charge in [0, 0.05) is 22.3 Å². The van der Waals surface area contributed by atoms with E-state index in [1.165, 1.54) is 0 Å². The molecular weight excluding hydrogens is 426 g/mol. The van der Waals surface area contributed by atoms with Crippen molar-refractivity contribution in [2.24, 2.45) is 10.7 Å². The molecule has 1 heterocycles. The van der Waals surface area contributed by atoms with E-state index in [9.17, 15) is 0 Å². The van der Waals surface area contributed by atoms with E-state index in [1.807, 2.05) is 48.5 Å². The van der Waals surface area contributed by atoms with Gasteiger partial charge >= 0.3 is 0 Å². The fourth-order valence-electron chi connectivity index (χ4n) is 5.05. The third kappa shape index (κ3) is 3.46. The number of rotatable bonds is 4. The summed E-state index contributed by atoms with van der Waals surface area (Å²) >= 11 is 0. The quantitative estimate of drug-likeness (QED) is 0.295. The van der Waals surface area contributed by atoms with Crippen LogP contribution in [0.3, 0.4) is 0 Å². The molecule has 3 heteroatoms. The number of amidine groups is 2. The highest BCUT2D eigenvalue weighted by molar-refractivity contribution is 6.29. The number of hydrogen-bond acceptors (Lipinski definition) is 2. The number of benzene rings is 5. The minimum atomic E-state index is 0.199. The summed E-state index contributed by atoms with van der Waals surface area (Å²) in [7, 11) is 0. The van der Waals surface area contributed by atoms with Gasteiger partial charge in [0.2, 0.25) is 0 Å². The number of nitrogens with zero attached hydrogens (tertiary/aromatic N) is 1. The first-order chi connectivity index (χ1) is 17.2. The first-order valence-electron chi connectivity index (χ1n) is 11.6. The molecule has 0 aliphatic carbocycles. The third-order valence-electron chi connectivity index (χ3n) is 6.48. The number of nitrogens with two attached hydrogens (primary N) is 1. The first kappa shape index (κ1) is 20.8. The second-order valence-electron chi connectivity index (χ2n) is 8.56. The van der Waals surface area contributed by atoms with Crippen LogP contribution in [-0.4, -0.2) is 11.7 Å². The van der Waals surface area contributed by atoms with Crippen molar-refractivity contribution in [3.05, 3.63) is 132 Å². The van der Waals surface area contributed by atoms with Crippen LogP contribution in [0.5, 0.6) is 0 Å². The van der Waals surface area contributed by atoms with Crippen molar-refractivity contribution < 1.29 is 0 Å². The molecule has 1 aliphatic heterocycles. The van der Waals surface area contributed by atoms with Gasteiger partial charge in [-0.1, -0.05) is 121 Å². The summed E-state index contributed by atoms with van der Waals surface area (Å²) in [6.45, 7) is 0. The van der Waals surface area contributed by atoms with Crippen LogP contribution in [0, 0.1) is 5.41 Å². The van der Waals surface area contributed by atoms with E-state index in [-0.39, 0.29) is 5.84 Å². The average molecular weight is 450 g/mol. The molecule has 0 saturated heterocycles. The zero-order chi connectivity index (χ0) is 23.8.